The molecule has 1 aromatic heterocycles. The van der Waals surface area contributed by atoms with Crippen molar-refractivity contribution in [2.75, 3.05) is 4.72 Å². The minimum Gasteiger partial charge on any atom is -0.305 e. The van der Waals surface area contributed by atoms with Crippen LogP contribution in [0.5, 0.6) is 0 Å². The van der Waals surface area contributed by atoms with Gasteiger partial charge in [-0.15, -0.1) is 6.42 Å². The van der Waals surface area contributed by atoms with E-state index in [0.29, 0.717) is 15.2 Å². The van der Waals surface area contributed by atoms with E-state index in [2.05, 4.69) is 15.6 Å². The van der Waals surface area contributed by atoms with E-state index in [4.69, 9.17) is 23.2 Å². The number of fused-ring (bicyclic) bond motifs is 1. The second-order valence-electron chi connectivity index (χ2n) is 7.40. The molecule has 0 aliphatic rings. The second kappa shape index (κ2) is 9.88. The number of nitrogens with zero attached hydrogens (tertiary/aromatic N) is 2. The van der Waals surface area contributed by atoms with Gasteiger partial charge in [0.25, 0.3) is 15.9 Å². The highest BCUT2D eigenvalue weighted by Gasteiger charge is 2.16. The summed E-state index contributed by atoms with van der Waals surface area (Å²) in [4.78, 5) is 17.2. The molecule has 0 aliphatic carbocycles. The molecule has 4 aromatic rings. The molecule has 0 saturated heterocycles. The Kier molecular flexibility index (Phi) is 7.03. The SMILES string of the molecule is C#CCn1c(=NC(=O)c2ccc(NS(=O)(=O)c3ccc(Cl)cc3)cc2)sc2cc(S(N)(=O)=O)ccc21. The van der Waals surface area contributed by atoms with Gasteiger partial charge in [-0.2, -0.15) is 4.99 Å². The van der Waals surface area contributed by atoms with E-state index in [0.717, 1.165) is 11.3 Å². The molecule has 13 heteroatoms. The summed E-state index contributed by atoms with van der Waals surface area (Å²) in [6, 6.07) is 15.7. The van der Waals surface area contributed by atoms with E-state index >= 15 is 0 Å². The van der Waals surface area contributed by atoms with Crippen molar-refractivity contribution in [3.63, 3.8) is 0 Å². The lowest BCUT2D eigenvalue weighted by Crippen LogP contribution is -2.16. The standard InChI is InChI=1S/C23H17ClN4O5S3/c1-2-13-28-20-12-11-19(35(25,30)31)14-21(20)34-23(28)26-22(29)15-3-7-17(8-4-15)27-36(32,33)18-9-5-16(24)6-10-18/h1,3-12,14,27H,13H2,(H2,25,30,31). The predicted octanol–water partition coefficient (Wildman–Crippen LogP) is 3.18. The molecular weight excluding hydrogens is 544 g/mol. The molecule has 0 saturated carbocycles. The highest BCUT2D eigenvalue weighted by atomic mass is 35.5. The van der Waals surface area contributed by atoms with Crippen LogP contribution in [0.25, 0.3) is 10.2 Å². The molecule has 0 atom stereocenters. The molecule has 36 heavy (non-hydrogen) atoms. The molecule has 1 amide bonds. The quantitative estimate of drug-likeness (QED) is 0.348. The Labute approximate surface area is 216 Å². The summed E-state index contributed by atoms with van der Waals surface area (Å²) in [7, 11) is -7.75. The Bertz CT molecular complexity index is 1800. The smallest absolute Gasteiger partial charge is 0.279 e. The number of terminal acetylenes is 1. The zero-order valence-corrected chi connectivity index (χ0v) is 21.5. The topological polar surface area (TPSA) is 141 Å². The second-order valence-corrected chi connectivity index (χ2v) is 12.1. The number of hydrogen-bond donors (Lipinski definition) is 2. The van der Waals surface area contributed by atoms with Crippen molar-refractivity contribution in [2.24, 2.45) is 10.1 Å². The number of amides is 1. The molecule has 0 unspecified atom stereocenters. The lowest BCUT2D eigenvalue weighted by Gasteiger charge is -2.08. The van der Waals surface area contributed by atoms with Gasteiger partial charge in [-0.05, 0) is 66.7 Å². The first kappa shape index (κ1) is 25.6. The van der Waals surface area contributed by atoms with Crippen LogP contribution < -0.4 is 14.7 Å². The average Bonchev–Trinajstić information content (AvgIpc) is 3.15. The first-order chi connectivity index (χ1) is 17.0. The third kappa shape index (κ3) is 5.51. The Hall–Kier alpha value is -3.47. The minimum absolute atomic E-state index is 0.0375. The molecule has 9 nitrogen and oxygen atoms in total. The molecular formula is C23H17ClN4O5S3. The van der Waals surface area contributed by atoms with Crippen molar-refractivity contribution in [1.82, 2.24) is 4.57 Å². The van der Waals surface area contributed by atoms with Gasteiger partial charge in [0.15, 0.2) is 4.80 Å². The average molecular weight is 561 g/mol. The molecule has 0 bridgehead atoms. The number of carbonyl (C=O) groups is 1. The van der Waals surface area contributed by atoms with E-state index in [1.54, 1.807) is 10.6 Å². The third-order valence-corrected chi connectivity index (χ3v) is 8.54. The number of anilines is 1. The fourth-order valence-electron chi connectivity index (χ4n) is 3.22. The summed E-state index contributed by atoms with van der Waals surface area (Å²) in [5.74, 6) is 1.90. The fourth-order valence-corrected chi connectivity index (χ4v) is 6.09. The molecule has 0 aliphatic heterocycles. The number of hydrogen-bond acceptors (Lipinski definition) is 6. The van der Waals surface area contributed by atoms with Gasteiger partial charge in [0.1, 0.15) is 0 Å². The number of rotatable bonds is 6. The maximum Gasteiger partial charge on any atom is 0.279 e. The van der Waals surface area contributed by atoms with Gasteiger partial charge >= 0.3 is 0 Å². The molecule has 0 fully saturated rings. The monoisotopic (exact) mass is 560 g/mol. The minimum atomic E-state index is -3.91. The van der Waals surface area contributed by atoms with E-state index < -0.39 is 26.0 Å². The summed E-state index contributed by atoms with van der Waals surface area (Å²) in [5, 5.41) is 5.62. The van der Waals surface area contributed by atoms with Crippen LogP contribution in [0, 0.1) is 12.3 Å². The van der Waals surface area contributed by atoms with E-state index in [1.807, 2.05) is 0 Å². The number of nitrogens with one attached hydrogen (secondary N) is 1. The van der Waals surface area contributed by atoms with Gasteiger partial charge in [-0.1, -0.05) is 28.9 Å². The van der Waals surface area contributed by atoms with Crippen molar-refractivity contribution in [3.8, 4) is 12.3 Å². The molecule has 184 valence electrons. The first-order valence-electron chi connectivity index (χ1n) is 10.0. The Morgan fingerprint density at radius 2 is 1.67 bits per heavy atom. The van der Waals surface area contributed by atoms with Gasteiger partial charge < -0.3 is 4.57 Å². The van der Waals surface area contributed by atoms with Crippen molar-refractivity contribution in [3.05, 3.63) is 82.1 Å². The van der Waals surface area contributed by atoms with Crippen LogP contribution in [0.3, 0.4) is 0 Å². The summed E-state index contributed by atoms with van der Waals surface area (Å²) in [6.07, 6.45) is 5.47. The summed E-state index contributed by atoms with van der Waals surface area (Å²) in [5.41, 5.74) is 1.06. The van der Waals surface area contributed by atoms with Gasteiger partial charge in [0.2, 0.25) is 10.0 Å². The molecule has 0 spiro atoms. The van der Waals surface area contributed by atoms with E-state index in [1.165, 1.54) is 60.7 Å². The molecule has 3 aromatic carbocycles. The van der Waals surface area contributed by atoms with Crippen molar-refractivity contribution >= 4 is 64.8 Å². The van der Waals surface area contributed by atoms with Crippen molar-refractivity contribution in [1.29, 1.82) is 0 Å². The number of nitrogens with two attached hydrogens (primary N) is 1. The number of sulfonamides is 2. The molecule has 3 N–H and O–H groups in total. The van der Waals surface area contributed by atoms with Crippen LogP contribution in [-0.2, 0) is 26.6 Å². The van der Waals surface area contributed by atoms with Gasteiger partial charge in [-0.25, -0.2) is 22.0 Å². The van der Waals surface area contributed by atoms with Crippen LogP contribution >= 0.6 is 22.9 Å². The maximum atomic E-state index is 12.8. The van der Waals surface area contributed by atoms with Gasteiger partial charge in [0, 0.05) is 16.3 Å². The molecule has 1 heterocycles. The zero-order valence-electron chi connectivity index (χ0n) is 18.3. The van der Waals surface area contributed by atoms with E-state index in [-0.39, 0.29) is 32.4 Å². The first-order valence-corrected chi connectivity index (χ1v) is 14.3. The number of benzene rings is 3. The Morgan fingerprint density at radius 3 is 2.28 bits per heavy atom. The number of primary sulfonamides is 1. The predicted molar refractivity (Wildman–Crippen MR) is 139 cm³/mol. The lowest BCUT2D eigenvalue weighted by molar-refractivity contribution is 0.0998. The maximum absolute atomic E-state index is 12.8. The molecule has 0 radical (unpaired) electrons. The number of thiazole rings is 1. The van der Waals surface area contributed by atoms with Crippen molar-refractivity contribution < 1.29 is 21.6 Å². The Balaban J connectivity index is 1.64. The van der Waals surface area contributed by atoms with Crippen LogP contribution in [0.4, 0.5) is 5.69 Å². The van der Waals surface area contributed by atoms with Crippen molar-refractivity contribution in [2.45, 2.75) is 16.3 Å². The number of halogens is 1. The normalized spacial score (nSPS) is 12.4. The largest absolute Gasteiger partial charge is 0.305 e. The summed E-state index contributed by atoms with van der Waals surface area (Å²) < 4.78 is 53.0. The highest BCUT2D eigenvalue weighted by Crippen LogP contribution is 2.22. The highest BCUT2D eigenvalue weighted by molar-refractivity contribution is 7.92. The van der Waals surface area contributed by atoms with Crippen LogP contribution in [-0.4, -0.2) is 27.3 Å². The Morgan fingerprint density at radius 1 is 1.03 bits per heavy atom. The summed E-state index contributed by atoms with van der Waals surface area (Å²) >= 11 is 6.89. The third-order valence-electron chi connectivity index (χ3n) is 4.94. The van der Waals surface area contributed by atoms with Gasteiger partial charge in [-0.3, -0.25) is 9.52 Å². The number of carbonyl (C=O) groups excluding carboxylic acids is 1. The summed E-state index contributed by atoms with van der Waals surface area (Å²) in [6.45, 7) is 0.103. The lowest BCUT2D eigenvalue weighted by atomic mass is 10.2. The van der Waals surface area contributed by atoms with Gasteiger partial charge in [0.05, 0.1) is 26.6 Å². The zero-order chi connectivity index (χ0) is 26.1. The van der Waals surface area contributed by atoms with Crippen LogP contribution in [0.2, 0.25) is 5.02 Å². The van der Waals surface area contributed by atoms with Crippen LogP contribution in [0.15, 0.2) is 81.5 Å². The fraction of sp³-hybridized carbons (Fsp3) is 0.0435. The van der Waals surface area contributed by atoms with E-state index in [9.17, 15) is 21.6 Å². The number of aromatic nitrogens is 1. The van der Waals surface area contributed by atoms with Crippen LogP contribution in [0.1, 0.15) is 10.4 Å². The molecule has 4 rings (SSSR count).